The average molecular weight is 293 g/mol. The minimum absolute atomic E-state index is 0.942. The molecular weight excluding hydrogens is 282 g/mol. The zero-order chi connectivity index (χ0) is 12.5. The molecule has 0 aliphatic heterocycles. The molecule has 92 valence electrons. The van der Waals surface area contributed by atoms with Gasteiger partial charge < -0.3 is 0 Å². The molecule has 0 radical (unpaired) electrons. The maximum absolute atomic E-state index is 4.60. The Morgan fingerprint density at radius 3 is 2.94 bits per heavy atom. The molecule has 3 aromatic heterocycles. The molecular formula is C12H11N3S3. The van der Waals surface area contributed by atoms with Gasteiger partial charge in [-0.2, -0.15) is 0 Å². The van der Waals surface area contributed by atoms with E-state index in [2.05, 4.69) is 33.6 Å². The Hall–Kier alpha value is -0.980. The lowest BCUT2D eigenvalue weighted by Crippen LogP contribution is -1.91. The van der Waals surface area contributed by atoms with Gasteiger partial charge in [-0.1, -0.05) is 13.0 Å². The van der Waals surface area contributed by atoms with Gasteiger partial charge in [0, 0.05) is 0 Å². The molecule has 0 aromatic carbocycles. The highest BCUT2D eigenvalue weighted by molar-refractivity contribution is 7.99. The van der Waals surface area contributed by atoms with Gasteiger partial charge in [0.25, 0.3) is 0 Å². The van der Waals surface area contributed by atoms with E-state index in [0.717, 1.165) is 36.6 Å². The summed E-state index contributed by atoms with van der Waals surface area (Å²) in [6.07, 6.45) is 0. The van der Waals surface area contributed by atoms with Crippen molar-refractivity contribution in [2.24, 2.45) is 0 Å². The summed E-state index contributed by atoms with van der Waals surface area (Å²) >= 11 is 5.08. The zero-order valence-electron chi connectivity index (χ0n) is 10.0. The molecule has 0 saturated heterocycles. The molecule has 0 aliphatic carbocycles. The maximum Gasteiger partial charge on any atom is 0.146 e. The number of thiophene rings is 1. The molecule has 0 aliphatic rings. The normalized spacial score (nSPS) is 11.2. The fraction of sp³-hybridized carbons (Fsp3) is 0.250. The van der Waals surface area contributed by atoms with Crippen LogP contribution in [0, 0.1) is 6.92 Å². The molecule has 0 N–H and O–H groups in total. The van der Waals surface area contributed by atoms with Crippen LogP contribution in [0.15, 0.2) is 22.5 Å². The van der Waals surface area contributed by atoms with Crippen molar-refractivity contribution in [2.45, 2.75) is 18.9 Å². The van der Waals surface area contributed by atoms with Crippen molar-refractivity contribution in [3.05, 3.63) is 22.5 Å². The third-order valence-corrected chi connectivity index (χ3v) is 5.12. The van der Waals surface area contributed by atoms with Crippen LogP contribution in [0.3, 0.4) is 0 Å². The van der Waals surface area contributed by atoms with Crippen molar-refractivity contribution in [1.29, 1.82) is 0 Å². The summed E-state index contributed by atoms with van der Waals surface area (Å²) in [7, 11) is 0. The highest BCUT2D eigenvalue weighted by Crippen LogP contribution is 2.36. The van der Waals surface area contributed by atoms with Gasteiger partial charge in [0.1, 0.15) is 16.2 Å². The van der Waals surface area contributed by atoms with Crippen LogP contribution >= 0.6 is 34.4 Å². The van der Waals surface area contributed by atoms with E-state index in [4.69, 9.17) is 0 Å². The van der Waals surface area contributed by atoms with Crippen LogP contribution in [0.5, 0.6) is 0 Å². The summed E-state index contributed by atoms with van der Waals surface area (Å²) in [4.78, 5) is 5.76. The Morgan fingerprint density at radius 2 is 2.22 bits per heavy atom. The zero-order valence-corrected chi connectivity index (χ0v) is 12.5. The number of aromatic nitrogens is 3. The summed E-state index contributed by atoms with van der Waals surface area (Å²) in [6.45, 7) is 4.15. The number of thiazole rings is 1. The largest absolute Gasteiger partial charge is 0.238 e. The molecule has 0 fully saturated rings. The quantitative estimate of drug-likeness (QED) is 0.677. The highest BCUT2D eigenvalue weighted by atomic mass is 32.2. The molecule has 3 rings (SSSR count). The molecule has 0 atom stereocenters. The molecule has 3 heterocycles. The lowest BCUT2D eigenvalue weighted by molar-refractivity contribution is 0.957. The number of nitrogens with zero attached hydrogens (tertiary/aromatic N) is 3. The van der Waals surface area contributed by atoms with E-state index >= 15 is 0 Å². The van der Waals surface area contributed by atoms with Gasteiger partial charge in [0.2, 0.25) is 0 Å². The molecule has 0 spiro atoms. The second kappa shape index (κ2) is 4.95. The Balaban J connectivity index is 2.26. The summed E-state index contributed by atoms with van der Waals surface area (Å²) in [5.74, 6) is 0.985. The molecule has 0 amide bonds. The summed E-state index contributed by atoms with van der Waals surface area (Å²) in [5.41, 5.74) is 1.97. The highest BCUT2D eigenvalue weighted by Gasteiger charge is 2.15. The van der Waals surface area contributed by atoms with Crippen LogP contribution in [0.4, 0.5) is 0 Å². The first-order valence-electron chi connectivity index (χ1n) is 5.60. The molecule has 6 heteroatoms. The van der Waals surface area contributed by atoms with Crippen LogP contribution in [-0.2, 0) is 0 Å². The molecule has 0 bridgehead atoms. The van der Waals surface area contributed by atoms with Gasteiger partial charge in [-0.3, -0.25) is 0 Å². The third-order valence-electron chi connectivity index (χ3n) is 2.43. The van der Waals surface area contributed by atoms with Gasteiger partial charge >= 0.3 is 0 Å². The minimum atomic E-state index is 0.942. The van der Waals surface area contributed by atoms with Crippen molar-refractivity contribution in [1.82, 2.24) is 15.2 Å². The smallest absolute Gasteiger partial charge is 0.146 e. The second-order valence-corrected chi connectivity index (χ2v) is 7.08. The number of hydrogen-bond donors (Lipinski definition) is 0. The number of thioether (sulfide) groups is 1. The van der Waals surface area contributed by atoms with E-state index in [1.165, 1.54) is 0 Å². The topological polar surface area (TPSA) is 38.7 Å². The van der Waals surface area contributed by atoms with Crippen LogP contribution < -0.4 is 0 Å². The first-order chi connectivity index (χ1) is 8.79. The van der Waals surface area contributed by atoms with Gasteiger partial charge in [0.05, 0.1) is 14.6 Å². The Labute approximate surface area is 117 Å². The lowest BCUT2D eigenvalue weighted by Gasteiger charge is -2.01. The average Bonchev–Trinajstić information content (AvgIpc) is 2.98. The lowest BCUT2D eigenvalue weighted by atomic mass is 10.3. The summed E-state index contributed by atoms with van der Waals surface area (Å²) < 4.78 is 1.15. The molecule has 3 aromatic rings. The van der Waals surface area contributed by atoms with Crippen LogP contribution in [-0.4, -0.2) is 20.9 Å². The molecule has 0 saturated carbocycles. The number of fused-ring (bicyclic) bond motifs is 1. The first kappa shape index (κ1) is 12.1. The third kappa shape index (κ3) is 2.04. The van der Waals surface area contributed by atoms with Crippen molar-refractivity contribution in [3.63, 3.8) is 0 Å². The summed E-state index contributed by atoms with van der Waals surface area (Å²) in [5, 5.41) is 12.8. The Morgan fingerprint density at radius 1 is 1.33 bits per heavy atom. The Bertz CT molecular complexity index is 673. The van der Waals surface area contributed by atoms with Gasteiger partial charge in [-0.25, -0.2) is 4.98 Å². The second-order valence-electron chi connectivity index (χ2n) is 3.67. The van der Waals surface area contributed by atoms with Gasteiger partial charge in [-0.05, 0) is 24.1 Å². The Kier molecular flexibility index (Phi) is 3.32. The predicted octanol–water partition coefficient (Wildman–Crippen LogP) is 4.24. The van der Waals surface area contributed by atoms with Gasteiger partial charge in [-0.15, -0.1) is 44.6 Å². The molecule has 3 nitrogen and oxygen atoms in total. The fourth-order valence-electron chi connectivity index (χ4n) is 1.73. The van der Waals surface area contributed by atoms with Crippen molar-refractivity contribution in [3.8, 4) is 10.6 Å². The van der Waals surface area contributed by atoms with Crippen molar-refractivity contribution >= 4 is 44.7 Å². The van der Waals surface area contributed by atoms with E-state index in [-0.39, 0.29) is 0 Å². The number of hydrogen-bond acceptors (Lipinski definition) is 6. The van der Waals surface area contributed by atoms with Crippen molar-refractivity contribution in [2.75, 3.05) is 5.75 Å². The van der Waals surface area contributed by atoms with E-state index in [9.17, 15) is 0 Å². The number of aryl methyl sites for hydroxylation is 1. The van der Waals surface area contributed by atoms with Crippen molar-refractivity contribution < 1.29 is 0 Å². The van der Waals surface area contributed by atoms with Crippen LogP contribution in [0.1, 0.15) is 11.9 Å². The van der Waals surface area contributed by atoms with E-state index in [1.807, 2.05) is 13.0 Å². The van der Waals surface area contributed by atoms with E-state index in [1.54, 1.807) is 34.4 Å². The fourth-order valence-corrected chi connectivity index (χ4v) is 4.15. The SMILES string of the molecule is CCSc1nnc(-c2cccs2)c2sc(C)nc12. The van der Waals surface area contributed by atoms with Crippen LogP contribution in [0.25, 0.3) is 20.8 Å². The standard InChI is InChI=1S/C12H11N3S3/c1-3-16-12-10-11(18-7(2)13-10)9(14-15-12)8-5-4-6-17-8/h4-6H,3H2,1-2H3. The van der Waals surface area contributed by atoms with Gasteiger partial charge in [0.15, 0.2) is 0 Å². The maximum atomic E-state index is 4.60. The van der Waals surface area contributed by atoms with Crippen LogP contribution in [0.2, 0.25) is 0 Å². The monoisotopic (exact) mass is 293 g/mol. The van der Waals surface area contributed by atoms with E-state index < -0.39 is 0 Å². The minimum Gasteiger partial charge on any atom is -0.238 e. The van der Waals surface area contributed by atoms with E-state index in [0.29, 0.717) is 0 Å². The summed E-state index contributed by atoms with van der Waals surface area (Å²) in [6, 6.07) is 4.12. The molecule has 18 heavy (non-hydrogen) atoms. The first-order valence-corrected chi connectivity index (χ1v) is 8.28. The predicted molar refractivity (Wildman–Crippen MR) is 79.7 cm³/mol. The number of rotatable bonds is 3. The molecule has 0 unspecified atom stereocenters.